The predicted molar refractivity (Wildman–Crippen MR) is 102 cm³/mol. The van der Waals surface area contributed by atoms with Gasteiger partial charge in [0.2, 0.25) is 0 Å². The molecule has 2 rings (SSSR count). The van der Waals surface area contributed by atoms with Gasteiger partial charge in [-0.05, 0) is 65.6 Å². The highest BCUT2D eigenvalue weighted by Gasteiger charge is 2.12. The van der Waals surface area contributed by atoms with Crippen LogP contribution >= 0.6 is 28.1 Å². The van der Waals surface area contributed by atoms with Gasteiger partial charge in [-0.25, -0.2) is 0 Å². The van der Waals surface area contributed by atoms with Gasteiger partial charge in [0.1, 0.15) is 0 Å². The summed E-state index contributed by atoms with van der Waals surface area (Å²) in [7, 11) is 0. The summed E-state index contributed by atoms with van der Waals surface area (Å²) in [6, 6.07) is 17.8. The van der Waals surface area contributed by atoms with E-state index in [1.165, 1.54) is 5.56 Å². The number of amides is 1. The van der Waals surface area contributed by atoms with Crippen LogP contribution in [-0.4, -0.2) is 17.1 Å². The topological polar surface area (TPSA) is 41.1 Å². The minimum atomic E-state index is -0.217. The highest BCUT2D eigenvalue weighted by Crippen LogP contribution is 2.15. The summed E-state index contributed by atoms with van der Waals surface area (Å²) in [4.78, 5) is 12.2. The third-order valence-corrected chi connectivity index (χ3v) is 4.34. The van der Waals surface area contributed by atoms with E-state index in [-0.39, 0.29) is 11.9 Å². The summed E-state index contributed by atoms with van der Waals surface area (Å²) in [5.41, 5.74) is 1.86. The molecule has 0 saturated carbocycles. The molecule has 0 aliphatic heterocycles. The van der Waals surface area contributed by atoms with Crippen LogP contribution in [0.25, 0.3) is 0 Å². The fourth-order valence-corrected chi connectivity index (χ4v) is 2.93. The first-order valence-corrected chi connectivity index (χ1v) is 8.66. The fourth-order valence-electron chi connectivity index (χ4n) is 2.18. The van der Waals surface area contributed by atoms with Gasteiger partial charge in [0.15, 0.2) is 5.11 Å². The summed E-state index contributed by atoms with van der Waals surface area (Å²) in [6.45, 7) is 2.06. The highest BCUT2D eigenvalue weighted by molar-refractivity contribution is 9.10. The number of rotatable bonds is 5. The largest absolute Gasteiger partial charge is 0.360 e. The van der Waals surface area contributed by atoms with Gasteiger partial charge < -0.3 is 5.32 Å². The van der Waals surface area contributed by atoms with E-state index in [4.69, 9.17) is 12.2 Å². The predicted octanol–water partition coefficient (Wildman–Crippen LogP) is 4.07. The normalized spacial score (nSPS) is 11.6. The Labute approximate surface area is 150 Å². The molecule has 1 amide bonds. The minimum Gasteiger partial charge on any atom is -0.360 e. The van der Waals surface area contributed by atoms with Crippen LogP contribution in [0, 0.1) is 0 Å². The molecule has 1 atom stereocenters. The lowest BCUT2D eigenvalue weighted by molar-refractivity contribution is 0.0976. The van der Waals surface area contributed by atoms with Gasteiger partial charge in [-0.3, -0.25) is 10.1 Å². The molecular formula is C18H19BrN2OS. The molecule has 5 heteroatoms. The van der Waals surface area contributed by atoms with Crippen LogP contribution in [0.2, 0.25) is 0 Å². The number of aryl methyl sites for hydroxylation is 1. The molecule has 2 aromatic carbocycles. The number of hydrogen-bond acceptors (Lipinski definition) is 2. The van der Waals surface area contributed by atoms with Crippen molar-refractivity contribution >= 4 is 39.2 Å². The van der Waals surface area contributed by atoms with Gasteiger partial charge in [0, 0.05) is 10.5 Å². The van der Waals surface area contributed by atoms with E-state index in [9.17, 15) is 4.79 Å². The van der Waals surface area contributed by atoms with Crippen molar-refractivity contribution < 1.29 is 4.79 Å². The maximum Gasteiger partial charge on any atom is 0.258 e. The van der Waals surface area contributed by atoms with E-state index in [0.717, 1.165) is 17.3 Å². The van der Waals surface area contributed by atoms with E-state index in [1.54, 1.807) is 6.07 Å². The second-order valence-corrected chi connectivity index (χ2v) is 6.60. The van der Waals surface area contributed by atoms with Gasteiger partial charge in [-0.1, -0.05) is 42.5 Å². The van der Waals surface area contributed by atoms with Gasteiger partial charge in [0.05, 0.1) is 5.56 Å². The zero-order valence-corrected chi connectivity index (χ0v) is 15.3. The quantitative estimate of drug-likeness (QED) is 0.755. The number of nitrogens with one attached hydrogen (secondary N) is 2. The zero-order valence-electron chi connectivity index (χ0n) is 12.9. The first kappa shape index (κ1) is 17.6. The smallest absolute Gasteiger partial charge is 0.258 e. The van der Waals surface area contributed by atoms with E-state index < -0.39 is 0 Å². The Morgan fingerprint density at radius 3 is 2.48 bits per heavy atom. The van der Waals surface area contributed by atoms with E-state index >= 15 is 0 Å². The van der Waals surface area contributed by atoms with E-state index in [1.807, 2.05) is 36.4 Å². The minimum absolute atomic E-state index is 0.183. The molecule has 0 heterocycles. The fraction of sp³-hybridized carbons (Fsp3) is 0.222. The first-order chi connectivity index (χ1) is 11.1. The van der Waals surface area contributed by atoms with Crippen LogP contribution in [0.5, 0.6) is 0 Å². The molecule has 0 aromatic heterocycles. The molecule has 2 aromatic rings. The van der Waals surface area contributed by atoms with Crippen LogP contribution in [0.4, 0.5) is 0 Å². The van der Waals surface area contributed by atoms with Crippen LogP contribution in [0.1, 0.15) is 29.3 Å². The van der Waals surface area contributed by atoms with Crippen molar-refractivity contribution in [3.05, 3.63) is 70.2 Å². The molecule has 0 aliphatic rings. The lowest BCUT2D eigenvalue weighted by atomic mass is 10.1. The molecule has 2 N–H and O–H groups in total. The summed E-state index contributed by atoms with van der Waals surface area (Å²) >= 11 is 8.59. The van der Waals surface area contributed by atoms with Crippen molar-refractivity contribution in [1.82, 2.24) is 10.6 Å². The van der Waals surface area contributed by atoms with Crippen molar-refractivity contribution in [3.63, 3.8) is 0 Å². The number of benzene rings is 2. The van der Waals surface area contributed by atoms with E-state index in [2.05, 4.69) is 45.6 Å². The van der Waals surface area contributed by atoms with Crippen molar-refractivity contribution in [1.29, 1.82) is 0 Å². The standard InChI is InChI=1S/C18H19BrN2OS/c1-13(11-12-14-7-3-2-4-8-14)20-18(23)21-17(22)15-9-5-6-10-16(15)19/h2-10,13H,11-12H2,1H3,(H2,20,21,22,23). The second-order valence-electron chi connectivity index (χ2n) is 5.33. The van der Waals surface area contributed by atoms with Gasteiger partial charge in [-0.15, -0.1) is 0 Å². The molecule has 0 radical (unpaired) electrons. The van der Waals surface area contributed by atoms with Gasteiger partial charge in [0.25, 0.3) is 5.91 Å². The molecule has 3 nitrogen and oxygen atoms in total. The molecule has 1 unspecified atom stereocenters. The average Bonchev–Trinajstić information content (AvgIpc) is 2.54. The monoisotopic (exact) mass is 390 g/mol. The summed E-state index contributed by atoms with van der Waals surface area (Å²) < 4.78 is 0.748. The maximum absolute atomic E-state index is 12.2. The molecule has 0 fully saturated rings. The molecule has 0 saturated heterocycles. The van der Waals surface area contributed by atoms with Crippen LogP contribution in [0.15, 0.2) is 59.1 Å². The van der Waals surface area contributed by atoms with Crippen molar-refractivity contribution in [2.24, 2.45) is 0 Å². The number of carbonyl (C=O) groups excluding carboxylic acids is 1. The number of hydrogen-bond donors (Lipinski definition) is 2. The molecule has 120 valence electrons. The van der Waals surface area contributed by atoms with Gasteiger partial charge in [-0.2, -0.15) is 0 Å². The third-order valence-electron chi connectivity index (χ3n) is 3.43. The Bertz CT molecular complexity index is 676. The third kappa shape index (κ3) is 5.77. The highest BCUT2D eigenvalue weighted by atomic mass is 79.9. The Kier molecular flexibility index (Phi) is 6.74. The molecular weight excluding hydrogens is 372 g/mol. The molecule has 0 spiro atoms. The van der Waals surface area contributed by atoms with Crippen LogP contribution in [0.3, 0.4) is 0 Å². The van der Waals surface area contributed by atoms with Crippen LogP contribution in [-0.2, 0) is 6.42 Å². The maximum atomic E-state index is 12.2. The lowest BCUT2D eigenvalue weighted by Gasteiger charge is -2.16. The first-order valence-electron chi connectivity index (χ1n) is 7.46. The number of carbonyl (C=O) groups is 1. The van der Waals surface area contributed by atoms with E-state index in [0.29, 0.717) is 10.7 Å². The Balaban J connectivity index is 1.80. The zero-order chi connectivity index (χ0) is 16.7. The lowest BCUT2D eigenvalue weighted by Crippen LogP contribution is -2.43. The van der Waals surface area contributed by atoms with Crippen molar-refractivity contribution in [2.45, 2.75) is 25.8 Å². The molecule has 0 bridgehead atoms. The van der Waals surface area contributed by atoms with Crippen molar-refractivity contribution in [3.8, 4) is 0 Å². The number of thiocarbonyl (C=S) groups is 1. The summed E-state index contributed by atoms with van der Waals surface area (Å²) in [6.07, 6.45) is 1.91. The van der Waals surface area contributed by atoms with Gasteiger partial charge >= 0.3 is 0 Å². The molecule has 23 heavy (non-hydrogen) atoms. The molecule has 0 aliphatic carbocycles. The Morgan fingerprint density at radius 1 is 1.13 bits per heavy atom. The second kappa shape index (κ2) is 8.79. The summed E-state index contributed by atoms with van der Waals surface area (Å²) in [5, 5.41) is 6.23. The average molecular weight is 391 g/mol. The Morgan fingerprint density at radius 2 is 1.78 bits per heavy atom. The SMILES string of the molecule is CC(CCc1ccccc1)NC(=S)NC(=O)c1ccccc1Br. The van der Waals surface area contributed by atoms with Crippen molar-refractivity contribution in [2.75, 3.05) is 0 Å². The summed E-state index contributed by atoms with van der Waals surface area (Å²) in [5.74, 6) is -0.217. The Hall–Kier alpha value is -1.72. The van der Waals surface area contributed by atoms with Crippen LogP contribution < -0.4 is 10.6 Å². The number of halogens is 1.